The first-order valence-electron chi connectivity index (χ1n) is 4.27. The Morgan fingerprint density at radius 3 is 2.42 bits per heavy atom. The van der Waals surface area contributed by atoms with Crippen LogP contribution in [0.1, 0.15) is 13.8 Å². The van der Waals surface area contributed by atoms with Gasteiger partial charge in [0.05, 0.1) is 6.04 Å². The van der Waals surface area contributed by atoms with Gasteiger partial charge in [-0.25, -0.2) is 0 Å². The molecule has 0 heterocycles. The third-order valence-corrected chi connectivity index (χ3v) is 1.70. The number of nitrogens with one attached hydrogen (secondary N) is 2. The van der Waals surface area contributed by atoms with Gasteiger partial charge in [0.2, 0.25) is 5.91 Å². The molecule has 1 unspecified atom stereocenters. The van der Waals surface area contributed by atoms with E-state index in [0.717, 1.165) is 6.54 Å². The van der Waals surface area contributed by atoms with Crippen LogP contribution in [0.25, 0.3) is 0 Å². The lowest BCUT2D eigenvalue weighted by Crippen LogP contribution is -2.45. The number of nitrogens with two attached hydrogens (primary N) is 1. The highest BCUT2D eigenvalue weighted by Gasteiger charge is 2.15. The molecule has 72 valence electrons. The quantitative estimate of drug-likeness (QED) is 0.482. The molecule has 0 fully saturated rings. The van der Waals surface area contributed by atoms with Gasteiger partial charge in [-0.2, -0.15) is 0 Å². The van der Waals surface area contributed by atoms with Crippen molar-refractivity contribution in [3.05, 3.63) is 0 Å². The highest BCUT2D eigenvalue weighted by Crippen LogP contribution is 1.96. The average molecular weight is 173 g/mol. The Kier molecular flexibility index (Phi) is 5.66. The van der Waals surface area contributed by atoms with Crippen molar-refractivity contribution in [2.45, 2.75) is 19.9 Å². The molecule has 0 saturated carbocycles. The summed E-state index contributed by atoms with van der Waals surface area (Å²) in [4.78, 5) is 11.2. The molecule has 0 aromatic carbocycles. The fraction of sp³-hybridized carbons (Fsp3) is 0.875. The SMILES string of the molecule is CNCCNC(=O)C(N)C(C)C. The first-order chi connectivity index (χ1) is 5.59. The van der Waals surface area contributed by atoms with Crippen molar-refractivity contribution in [2.24, 2.45) is 11.7 Å². The van der Waals surface area contributed by atoms with Crippen LogP contribution in [0, 0.1) is 5.92 Å². The number of carbonyl (C=O) groups is 1. The number of likely N-dealkylation sites (N-methyl/N-ethyl adjacent to an activating group) is 1. The van der Waals surface area contributed by atoms with Crippen LogP contribution >= 0.6 is 0 Å². The zero-order valence-corrected chi connectivity index (χ0v) is 8.05. The molecular formula is C8H19N3O. The molecular weight excluding hydrogens is 154 g/mol. The molecule has 0 bridgehead atoms. The molecule has 0 saturated heterocycles. The Balaban J connectivity index is 3.57. The van der Waals surface area contributed by atoms with Gasteiger partial charge in [0.15, 0.2) is 0 Å². The van der Waals surface area contributed by atoms with Crippen molar-refractivity contribution in [3.8, 4) is 0 Å². The second-order valence-corrected chi connectivity index (χ2v) is 3.16. The summed E-state index contributed by atoms with van der Waals surface area (Å²) < 4.78 is 0. The van der Waals surface area contributed by atoms with Crippen LogP contribution in [-0.2, 0) is 4.79 Å². The second-order valence-electron chi connectivity index (χ2n) is 3.16. The monoisotopic (exact) mass is 173 g/mol. The first-order valence-corrected chi connectivity index (χ1v) is 4.27. The summed E-state index contributed by atoms with van der Waals surface area (Å²) in [5.41, 5.74) is 5.61. The first kappa shape index (κ1) is 11.4. The van der Waals surface area contributed by atoms with Gasteiger partial charge in [0.1, 0.15) is 0 Å². The Hall–Kier alpha value is -0.610. The van der Waals surface area contributed by atoms with E-state index in [9.17, 15) is 4.79 Å². The van der Waals surface area contributed by atoms with Crippen molar-refractivity contribution >= 4 is 5.91 Å². The standard InChI is InChI=1S/C8H19N3O/c1-6(2)7(9)8(12)11-5-4-10-3/h6-7,10H,4-5,9H2,1-3H3,(H,11,12). The summed E-state index contributed by atoms with van der Waals surface area (Å²) in [5, 5.41) is 5.67. The molecule has 1 amide bonds. The van der Waals surface area contributed by atoms with E-state index in [1.54, 1.807) is 0 Å². The van der Waals surface area contributed by atoms with Crippen molar-refractivity contribution in [3.63, 3.8) is 0 Å². The predicted octanol–water partition coefficient (Wildman–Crippen LogP) is -0.695. The minimum atomic E-state index is -0.387. The van der Waals surface area contributed by atoms with Crippen LogP contribution in [0.2, 0.25) is 0 Å². The summed E-state index contributed by atoms with van der Waals surface area (Å²) in [5.74, 6) is 0.125. The van der Waals surface area contributed by atoms with Crippen LogP contribution in [0.5, 0.6) is 0 Å². The van der Waals surface area contributed by atoms with Gasteiger partial charge in [-0.15, -0.1) is 0 Å². The van der Waals surface area contributed by atoms with Crippen molar-refractivity contribution in [2.75, 3.05) is 20.1 Å². The van der Waals surface area contributed by atoms with Gasteiger partial charge in [0.25, 0.3) is 0 Å². The van der Waals surface area contributed by atoms with Crippen LogP contribution in [0.4, 0.5) is 0 Å². The summed E-state index contributed by atoms with van der Waals surface area (Å²) in [6.45, 7) is 5.27. The van der Waals surface area contributed by atoms with Crippen LogP contribution in [-0.4, -0.2) is 32.1 Å². The molecule has 0 aliphatic heterocycles. The molecule has 1 atom stereocenters. The fourth-order valence-corrected chi connectivity index (χ4v) is 0.731. The van der Waals surface area contributed by atoms with E-state index in [1.165, 1.54) is 0 Å². The van der Waals surface area contributed by atoms with Gasteiger partial charge in [-0.05, 0) is 13.0 Å². The summed E-state index contributed by atoms with van der Waals surface area (Å²) >= 11 is 0. The van der Waals surface area contributed by atoms with Crippen LogP contribution in [0.15, 0.2) is 0 Å². The van der Waals surface area contributed by atoms with Crippen LogP contribution < -0.4 is 16.4 Å². The Morgan fingerprint density at radius 2 is 2.00 bits per heavy atom. The van der Waals surface area contributed by atoms with Gasteiger partial charge in [-0.1, -0.05) is 13.8 Å². The van der Waals surface area contributed by atoms with Gasteiger partial charge < -0.3 is 16.4 Å². The Bertz CT molecular complexity index is 136. The molecule has 4 heteroatoms. The average Bonchev–Trinajstić information content (AvgIpc) is 2.03. The molecule has 4 nitrogen and oxygen atoms in total. The lowest BCUT2D eigenvalue weighted by molar-refractivity contribution is -0.123. The minimum Gasteiger partial charge on any atom is -0.353 e. The van der Waals surface area contributed by atoms with E-state index in [0.29, 0.717) is 6.54 Å². The summed E-state index contributed by atoms with van der Waals surface area (Å²) in [6, 6.07) is -0.387. The highest BCUT2D eigenvalue weighted by molar-refractivity contribution is 5.81. The largest absolute Gasteiger partial charge is 0.353 e. The maximum absolute atomic E-state index is 11.2. The molecule has 4 N–H and O–H groups in total. The molecule has 0 aliphatic rings. The van der Waals surface area contributed by atoms with E-state index in [2.05, 4.69) is 10.6 Å². The number of carbonyl (C=O) groups excluding carboxylic acids is 1. The molecule has 12 heavy (non-hydrogen) atoms. The Morgan fingerprint density at radius 1 is 1.42 bits per heavy atom. The van der Waals surface area contributed by atoms with E-state index in [1.807, 2.05) is 20.9 Å². The highest BCUT2D eigenvalue weighted by atomic mass is 16.2. The third kappa shape index (κ3) is 4.31. The zero-order valence-electron chi connectivity index (χ0n) is 8.05. The van der Waals surface area contributed by atoms with Gasteiger partial charge in [-0.3, -0.25) is 4.79 Å². The number of hydrogen-bond donors (Lipinski definition) is 3. The minimum absolute atomic E-state index is 0.0692. The topological polar surface area (TPSA) is 67.1 Å². The number of hydrogen-bond acceptors (Lipinski definition) is 3. The zero-order chi connectivity index (χ0) is 9.56. The fourth-order valence-electron chi connectivity index (χ4n) is 0.731. The molecule has 0 aromatic rings. The van der Waals surface area contributed by atoms with E-state index < -0.39 is 0 Å². The third-order valence-electron chi connectivity index (χ3n) is 1.70. The normalized spacial score (nSPS) is 13.1. The number of rotatable bonds is 5. The molecule has 0 rings (SSSR count). The molecule has 0 radical (unpaired) electrons. The maximum Gasteiger partial charge on any atom is 0.237 e. The van der Waals surface area contributed by atoms with Gasteiger partial charge >= 0.3 is 0 Å². The van der Waals surface area contributed by atoms with Crippen molar-refractivity contribution in [1.82, 2.24) is 10.6 Å². The molecule has 0 aromatic heterocycles. The van der Waals surface area contributed by atoms with E-state index >= 15 is 0 Å². The second kappa shape index (κ2) is 5.97. The lowest BCUT2D eigenvalue weighted by Gasteiger charge is -2.14. The van der Waals surface area contributed by atoms with Crippen molar-refractivity contribution < 1.29 is 4.79 Å². The predicted molar refractivity (Wildman–Crippen MR) is 49.7 cm³/mol. The van der Waals surface area contributed by atoms with E-state index in [-0.39, 0.29) is 17.9 Å². The van der Waals surface area contributed by atoms with Gasteiger partial charge in [0, 0.05) is 13.1 Å². The maximum atomic E-state index is 11.2. The molecule has 0 spiro atoms. The lowest BCUT2D eigenvalue weighted by atomic mass is 10.1. The smallest absolute Gasteiger partial charge is 0.237 e. The summed E-state index contributed by atoms with van der Waals surface area (Å²) in [7, 11) is 1.84. The van der Waals surface area contributed by atoms with Crippen LogP contribution in [0.3, 0.4) is 0 Å². The van der Waals surface area contributed by atoms with Crippen molar-refractivity contribution in [1.29, 1.82) is 0 Å². The van der Waals surface area contributed by atoms with E-state index in [4.69, 9.17) is 5.73 Å². The Labute approximate surface area is 73.9 Å². The summed E-state index contributed by atoms with van der Waals surface area (Å²) in [6.07, 6.45) is 0. The molecule has 0 aliphatic carbocycles. The number of amides is 1.